The van der Waals surface area contributed by atoms with Gasteiger partial charge in [-0.2, -0.15) is 0 Å². The van der Waals surface area contributed by atoms with Gasteiger partial charge in [-0.1, -0.05) is 36.8 Å². The Bertz CT molecular complexity index is 606. The molecule has 1 amide bonds. The van der Waals surface area contributed by atoms with E-state index >= 15 is 0 Å². The second-order valence-electron chi connectivity index (χ2n) is 5.14. The van der Waals surface area contributed by atoms with Crippen molar-refractivity contribution in [3.05, 3.63) is 51.5 Å². The molecule has 0 radical (unpaired) electrons. The first-order valence-corrected chi connectivity index (χ1v) is 7.90. The molecule has 2 atom stereocenters. The van der Waals surface area contributed by atoms with E-state index in [9.17, 15) is 4.79 Å². The molecular formula is C16H21N3OS. The summed E-state index contributed by atoms with van der Waals surface area (Å²) >= 11 is 1.63. The van der Waals surface area contributed by atoms with Crippen molar-refractivity contribution in [2.75, 3.05) is 0 Å². The van der Waals surface area contributed by atoms with Gasteiger partial charge in [-0.25, -0.2) is 4.98 Å². The fourth-order valence-electron chi connectivity index (χ4n) is 1.98. The molecule has 0 saturated carbocycles. The van der Waals surface area contributed by atoms with Crippen molar-refractivity contribution in [3.8, 4) is 0 Å². The van der Waals surface area contributed by atoms with E-state index in [4.69, 9.17) is 5.73 Å². The molecule has 0 aliphatic heterocycles. The molecule has 2 unspecified atom stereocenters. The number of hydrogen-bond acceptors (Lipinski definition) is 4. The van der Waals surface area contributed by atoms with Gasteiger partial charge < -0.3 is 11.1 Å². The van der Waals surface area contributed by atoms with Gasteiger partial charge >= 0.3 is 0 Å². The standard InChI is InChI=1S/C16H21N3OS/c1-4-13-9-18-16(21-13)11(3)19-15(20)14(17)12-7-5-10(2)6-8-12/h5-9,11,14H,4,17H2,1-3H3,(H,19,20). The molecule has 0 saturated heterocycles. The van der Waals surface area contributed by atoms with E-state index in [0.717, 1.165) is 22.6 Å². The number of aromatic nitrogens is 1. The van der Waals surface area contributed by atoms with Crippen LogP contribution in [0.4, 0.5) is 0 Å². The van der Waals surface area contributed by atoms with E-state index < -0.39 is 6.04 Å². The number of carbonyl (C=O) groups is 1. The Balaban J connectivity index is 2.01. The van der Waals surface area contributed by atoms with Crippen molar-refractivity contribution in [1.82, 2.24) is 10.3 Å². The maximum Gasteiger partial charge on any atom is 0.242 e. The highest BCUT2D eigenvalue weighted by atomic mass is 32.1. The lowest BCUT2D eigenvalue weighted by Gasteiger charge is -2.16. The summed E-state index contributed by atoms with van der Waals surface area (Å²) in [5, 5.41) is 3.84. The van der Waals surface area contributed by atoms with Gasteiger partial charge in [-0.05, 0) is 25.8 Å². The molecular weight excluding hydrogens is 282 g/mol. The fourth-order valence-corrected chi connectivity index (χ4v) is 2.84. The topological polar surface area (TPSA) is 68.0 Å². The number of hydrogen-bond donors (Lipinski definition) is 2. The molecule has 2 aromatic rings. The predicted molar refractivity (Wildman–Crippen MR) is 86.2 cm³/mol. The molecule has 2 rings (SSSR count). The van der Waals surface area contributed by atoms with Gasteiger partial charge in [0.25, 0.3) is 0 Å². The Labute approximate surface area is 129 Å². The van der Waals surface area contributed by atoms with E-state index in [0.29, 0.717) is 0 Å². The molecule has 4 nitrogen and oxygen atoms in total. The smallest absolute Gasteiger partial charge is 0.242 e. The van der Waals surface area contributed by atoms with Gasteiger partial charge in [0.1, 0.15) is 11.0 Å². The van der Waals surface area contributed by atoms with Crippen LogP contribution < -0.4 is 11.1 Å². The average molecular weight is 303 g/mol. The number of benzene rings is 1. The van der Waals surface area contributed by atoms with Crippen LogP contribution in [0.3, 0.4) is 0 Å². The third-order valence-corrected chi connectivity index (χ3v) is 4.69. The van der Waals surface area contributed by atoms with Crippen molar-refractivity contribution in [2.24, 2.45) is 5.73 Å². The summed E-state index contributed by atoms with van der Waals surface area (Å²) in [6.45, 7) is 6.02. The zero-order chi connectivity index (χ0) is 15.4. The Morgan fingerprint density at radius 1 is 1.38 bits per heavy atom. The first-order valence-electron chi connectivity index (χ1n) is 7.08. The zero-order valence-electron chi connectivity index (χ0n) is 12.6. The molecule has 112 valence electrons. The van der Waals surface area contributed by atoms with Crippen LogP contribution in [0, 0.1) is 6.92 Å². The summed E-state index contributed by atoms with van der Waals surface area (Å²) in [5.41, 5.74) is 7.98. The molecule has 0 aliphatic carbocycles. The van der Waals surface area contributed by atoms with Crippen molar-refractivity contribution in [3.63, 3.8) is 0 Å². The lowest BCUT2D eigenvalue weighted by Crippen LogP contribution is -2.35. The fraction of sp³-hybridized carbons (Fsp3) is 0.375. The Morgan fingerprint density at radius 3 is 2.62 bits per heavy atom. The molecule has 1 heterocycles. The van der Waals surface area contributed by atoms with Crippen LogP contribution in [0.25, 0.3) is 0 Å². The zero-order valence-corrected chi connectivity index (χ0v) is 13.4. The number of nitrogens with one attached hydrogen (secondary N) is 1. The molecule has 3 N–H and O–H groups in total. The van der Waals surface area contributed by atoms with E-state index in [-0.39, 0.29) is 11.9 Å². The van der Waals surface area contributed by atoms with Crippen molar-refractivity contribution < 1.29 is 4.79 Å². The van der Waals surface area contributed by atoms with Crippen LogP contribution in [-0.4, -0.2) is 10.9 Å². The molecule has 1 aromatic heterocycles. The quantitative estimate of drug-likeness (QED) is 0.892. The minimum absolute atomic E-state index is 0.126. The number of thiazole rings is 1. The maximum atomic E-state index is 12.2. The van der Waals surface area contributed by atoms with E-state index in [2.05, 4.69) is 17.2 Å². The van der Waals surface area contributed by atoms with Crippen LogP contribution in [0.15, 0.2) is 30.5 Å². The van der Waals surface area contributed by atoms with Crippen molar-refractivity contribution in [2.45, 2.75) is 39.3 Å². The second kappa shape index (κ2) is 6.83. The van der Waals surface area contributed by atoms with Gasteiger partial charge in [0, 0.05) is 11.1 Å². The van der Waals surface area contributed by atoms with Crippen LogP contribution in [0.1, 0.15) is 46.9 Å². The van der Waals surface area contributed by atoms with E-state index in [1.807, 2.05) is 44.3 Å². The van der Waals surface area contributed by atoms with Gasteiger partial charge in [-0.3, -0.25) is 4.79 Å². The summed E-state index contributed by atoms with van der Waals surface area (Å²) in [6, 6.07) is 6.92. The first-order chi connectivity index (χ1) is 10.0. The maximum absolute atomic E-state index is 12.2. The summed E-state index contributed by atoms with van der Waals surface area (Å²) in [4.78, 5) is 17.8. The molecule has 5 heteroatoms. The minimum atomic E-state index is -0.654. The first kappa shape index (κ1) is 15.7. The van der Waals surface area contributed by atoms with Crippen molar-refractivity contribution in [1.29, 1.82) is 0 Å². The normalized spacial score (nSPS) is 13.7. The molecule has 0 spiro atoms. The van der Waals surface area contributed by atoms with Gasteiger partial charge in [0.05, 0.1) is 6.04 Å². The van der Waals surface area contributed by atoms with E-state index in [1.54, 1.807) is 11.3 Å². The highest BCUT2D eigenvalue weighted by Gasteiger charge is 2.19. The summed E-state index contributed by atoms with van der Waals surface area (Å²) in [6.07, 6.45) is 2.82. The summed E-state index contributed by atoms with van der Waals surface area (Å²) in [7, 11) is 0. The summed E-state index contributed by atoms with van der Waals surface area (Å²) in [5.74, 6) is -0.181. The lowest BCUT2D eigenvalue weighted by atomic mass is 10.1. The predicted octanol–water partition coefficient (Wildman–Crippen LogP) is 2.89. The highest BCUT2D eigenvalue weighted by molar-refractivity contribution is 7.11. The Kier molecular flexibility index (Phi) is 5.09. The van der Waals surface area contributed by atoms with Crippen LogP contribution in [0.5, 0.6) is 0 Å². The van der Waals surface area contributed by atoms with Gasteiger partial charge in [0.15, 0.2) is 0 Å². The SMILES string of the molecule is CCc1cnc(C(C)NC(=O)C(N)c2ccc(C)cc2)s1. The molecule has 0 bridgehead atoms. The third-order valence-electron chi connectivity index (χ3n) is 3.37. The van der Waals surface area contributed by atoms with Gasteiger partial charge in [0.2, 0.25) is 5.91 Å². The monoisotopic (exact) mass is 303 g/mol. The Hall–Kier alpha value is -1.72. The number of amides is 1. The number of nitrogens with two attached hydrogens (primary N) is 1. The molecule has 0 aliphatic rings. The van der Waals surface area contributed by atoms with Gasteiger partial charge in [-0.15, -0.1) is 11.3 Å². The largest absolute Gasteiger partial charge is 0.345 e. The third kappa shape index (κ3) is 3.89. The molecule has 1 aromatic carbocycles. The van der Waals surface area contributed by atoms with Crippen molar-refractivity contribution >= 4 is 17.2 Å². The Morgan fingerprint density at radius 2 is 2.05 bits per heavy atom. The number of aryl methyl sites for hydroxylation is 2. The minimum Gasteiger partial charge on any atom is -0.345 e. The van der Waals surface area contributed by atoms with Crippen LogP contribution in [0.2, 0.25) is 0 Å². The second-order valence-corrected chi connectivity index (χ2v) is 6.28. The highest BCUT2D eigenvalue weighted by Crippen LogP contribution is 2.21. The molecule has 0 fully saturated rings. The van der Waals surface area contributed by atoms with E-state index in [1.165, 1.54) is 4.88 Å². The summed E-state index contributed by atoms with van der Waals surface area (Å²) < 4.78 is 0. The average Bonchev–Trinajstić information content (AvgIpc) is 2.96. The molecule has 21 heavy (non-hydrogen) atoms. The van der Waals surface area contributed by atoms with Crippen LogP contribution >= 0.6 is 11.3 Å². The number of nitrogens with zero attached hydrogens (tertiary/aromatic N) is 1. The lowest BCUT2D eigenvalue weighted by molar-refractivity contribution is -0.123. The van der Waals surface area contributed by atoms with Crippen LogP contribution in [-0.2, 0) is 11.2 Å². The number of carbonyl (C=O) groups excluding carboxylic acids is 1. The number of rotatable bonds is 5.